The summed E-state index contributed by atoms with van der Waals surface area (Å²) >= 11 is 6.29. The van der Waals surface area contributed by atoms with Crippen molar-refractivity contribution in [3.8, 4) is 5.75 Å². The van der Waals surface area contributed by atoms with Gasteiger partial charge in [-0.05, 0) is 50.6 Å². The summed E-state index contributed by atoms with van der Waals surface area (Å²) in [5, 5.41) is 5.44. The van der Waals surface area contributed by atoms with Crippen molar-refractivity contribution in [3.05, 3.63) is 54.1 Å². The number of anilines is 1. The molecule has 0 spiro atoms. The smallest absolute Gasteiger partial charge is 0.163 e. The predicted molar refractivity (Wildman–Crippen MR) is 130 cm³/mol. The van der Waals surface area contributed by atoms with Crippen LogP contribution in [0, 0.1) is 5.92 Å². The number of hydrogen-bond donors (Lipinski definition) is 1. The summed E-state index contributed by atoms with van der Waals surface area (Å²) in [4.78, 5) is 13.2. The van der Waals surface area contributed by atoms with E-state index in [1.807, 2.05) is 63.5 Å². The summed E-state index contributed by atoms with van der Waals surface area (Å²) < 4.78 is 21.1. The van der Waals surface area contributed by atoms with Crippen molar-refractivity contribution in [2.45, 2.75) is 44.3 Å². The Morgan fingerprint density at radius 2 is 1.97 bits per heavy atom. The number of rotatable bonds is 5. The number of halogens is 1. The zero-order valence-corrected chi connectivity index (χ0v) is 20.0. The van der Waals surface area contributed by atoms with Gasteiger partial charge in [-0.3, -0.25) is 0 Å². The fraction of sp³-hybridized carbons (Fsp3) is 0.400. The Morgan fingerprint density at radius 1 is 1.15 bits per heavy atom. The fourth-order valence-corrected chi connectivity index (χ4v) is 5.42. The first kappa shape index (κ1) is 21.6. The van der Waals surface area contributed by atoms with E-state index >= 15 is 0 Å². The average molecular weight is 480 g/mol. The van der Waals surface area contributed by atoms with Gasteiger partial charge in [0.1, 0.15) is 34.8 Å². The maximum absolute atomic E-state index is 6.36. The van der Waals surface area contributed by atoms with Crippen LogP contribution < -0.4 is 10.1 Å². The molecule has 0 radical (unpaired) electrons. The second kappa shape index (κ2) is 8.08. The van der Waals surface area contributed by atoms with Gasteiger partial charge in [0.2, 0.25) is 0 Å². The molecule has 3 aromatic heterocycles. The lowest BCUT2D eigenvalue weighted by molar-refractivity contribution is -0.161. The number of ether oxygens (including phenoxy) is 3. The van der Waals surface area contributed by atoms with Gasteiger partial charge >= 0.3 is 0 Å². The Bertz CT molecular complexity index is 1370. The molecule has 0 bridgehead atoms. The number of aromatic nitrogens is 4. The summed E-state index contributed by atoms with van der Waals surface area (Å²) in [5.74, 6) is 1.11. The van der Waals surface area contributed by atoms with Crippen LogP contribution in [0.25, 0.3) is 21.9 Å². The van der Waals surface area contributed by atoms with Crippen molar-refractivity contribution in [3.63, 3.8) is 0 Å². The molecule has 1 aliphatic heterocycles. The molecule has 4 aromatic rings. The number of hydrogen-bond acceptors (Lipinski definition) is 7. The van der Waals surface area contributed by atoms with Crippen LogP contribution in [0.3, 0.4) is 0 Å². The van der Waals surface area contributed by atoms with Crippen LogP contribution in [0.15, 0.2) is 48.9 Å². The number of pyridine rings is 1. The molecular formula is C25H26ClN5O3. The molecule has 176 valence electrons. The van der Waals surface area contributed by atoms with Gasteiger partial charge in [0.25, 0.3) is 0 Å². The van der Waals surface area contributed by atoms with Gasteiger partial charge in [0.15, 0.2) is 5.79 Å². The molecule has 1 saturated heterocycles. The summed E-state index contributed by atoms with van der Waals surface area (Å²) in [5.41, 5.74) is 1.70. The third-order valence-electron chi connectivity index (χ3n) is 6.75. The number of benzene rings is 1. The first-order valence-electron chi connectivity index (χ1n) is 11.5. The molecule has 1 aromatic carbocycles. The Kier molecular flexibility index (Phi) is 5.13. The zero-order valence-electron chi connectivity index (χ0n) is 19.2. The Labute approximate surface area is 202 Å². The second-order valence-corrected chi connectivity index (χ2v) is 9.72. The van der Waals surface area contributed by atoms with Crippen LogP contribution in [0.5, 0.6) is 5.75 Å². The minimum Gasteiger partial charge on any atom is -0.493 e. The highest BCUT2D eigenvalue weighted by Crippen LogP contribution is 2.48. The van der Waals surface area contributed by atoms with Gasteiger partial charge in [0.05, 0.1) is 29.7 Å². The van der Waals surface area contributed by atoms with Crippen molar-refractivity contribution < 1.29 is 14.2 Å². The molecule has 0 amide bonds. The molecule has 4 atom stereocenters. The van der Waals surface area contributed by atoms with E-state index in [1.165, 1.54) is 6.33 Å². The lowest BCUT2D eigenvalue weighted by Gasteiger charge is -2.24. The van der Waals surface area contributed by atoms with Gasteiger partial charge in [-0.25, -0.2) is 15.0 Å². The lowest BCUT2D eigenvalue weighted by atomic mass is 10.1. The quantitative estimate of drug-likeness (QED) is 0.410. The third kappa shape index (κ3) is 3.66. The van der Waals surface area contributed by atoms with Gasteiger partial charge < -0.3 is 24.1 Å². The van der Waals surface area contributed by atoms with E-state index in [0.29, 0.717) is 11.8 Å². The maximum Gasteiger partial charge on any atom is 0.163 e. The molecule has 2 fully saturated rings. The minimum atomic E-state index is -0.655. The van der Waals surface area contributed by atoms with Crippen molar-refractivity contribution in [2.75, 3.05) is 19.0 Å². The van der Waals surface area contributed by atoms with Crippen molar-refractivity contribution >= 4 is 39.4 Å². The van der Waals surface area contributed by atoms with Crippen LogP contribution in [-0.2, 0) is 9.47 Å². The van der Waals surface area contributed by atoms with Gasteiger partial charge in [-0.2, -0.15) is 0 Å². The first-order valence-corrected chi connectivity index (χ1v) is 11.8. The Hall–Kier alpha value is -2.94. The SMILES string of the molecule is CNc1ccc2ccc(OC[C@H]3C[C@@H](n4ccc5c(Cl)ncnc54)[C@@H]4OC(C)(C)O[C@H]34)cc2n1. The second-order valence-electron chi connectivity index (χ2n) is 9.36. The predicted octanol–water partition coefficient (Wildman–Crippen LogP) is 4.83. The molecule has 8 nitrogen and oxygen atoms in total. The van der Waals surface area contributed by atoms with E-state index in [4.69, 9.17) is 25.8 Å². The molecule has 1 aliphatic carbocycles. The zero-order chi connectivity index (χ0) is 23.4. The number of nitrogens with zero attached hydrogens (tertiary/aromatic N) is 4. The van der Waals surface area contributed by atoms with Crippen LogP contribution in [0.4, 0.5) is 5.82 Å². The monoisotopic (exact) mass is 479 g/mol. The van der Waals surface area contributed by atoms with Gasteiger partial charge in [-0.1, -0.05) is 11.6 Å². The van der Waals surface area contributed by atoms with E-state index < -0.39 is 5.79 Å². The molecule has 0 unspecified atom stereocenters. The van der Waals surface area contributed by atoms with E-state index in [-0.39, 0.29) is 24.2 Å². The summed E-state index contributed by atoms with van der Waals surface area (Å²) in [7, 11) is 1.86. The molecule has 6 rings (SSSR count). The van der Waals surface area contributed by atoms with Crippen LogP contribution in [0.2, 0.25) is 5.15 Å². The highest BCUT2D eigenvalue weighted by atomic mass is 35.5. The largest absolute Gasteiger partial charge is 0.493 e. The van der Waals surface area contributed by atoms with Crippen molar-refractivity contribution in [1.82, 2.24) is 19.5 Å². The normalized spacial score (nSPS) is 25.6. The molecule has 1 saturated carbocycles. The highest BCUT2D eigenvalue weighted by Gasteiger charge is 2.55. The average Bonchev–Trinajstić information content (AvgIpc) is 3.48. The van der Waals surface area contributed by atoms with E-state index in [0.717, 1.165) is 39.9 Å². The summed E-state index contributed by atoms with van der Waals surface area (Å²) in [6.07, 6.45) is 4.16. The lowest BCUT2D eigenvalue weighted by Crippen LogP contribution is -2.29. The van der Waals surface area contributed by atoms with Crippen molar-refractivity contribution in [1.29, 1.82) is 0 Å². The van der Waals surface area contributed by atoms with E-state index in [1.54, 1.807) is 0 Å². The number of nitrogens with one attached hydrogen (secondary N) is 1. The Balaban J connectivity index is 1.26. The summed E-state index contributed by atoms with van der Waals surface area (Å²) in [6, 6.07) is 12.0. The molecule has 34 heavy (non-hydrogen) atoms. The molecular weight excluding hydrogens is 454 g/mol. The molecule has 4 heterocycles. The van der Waals surface area contributed by atoms with E-state index in [2.05, 4.69) is 24.8 Å². The first-order chi connectivity index (χ1) is 16.4. The summed E-state index contributed by atoms with van der Waals surface area (Å²) in [6.45, 7) is 4.44. The topological polar surface area (TPSA) is 83.3 Å². The number of fused-ring (bicyclic) bond motifs is 3. The van der Waals surface area contributed by atoms with Crippen molar-refractivity contribution in [2.24, 2.45) is 5.92 Å². The molecule has 2 aliphatic rings. The minimum absolute atomic E-state index is 0.0558. The van der Waals surface area contributed by atoms with Crippen LogP contribution in [-0.4, -0.2) is 51.2 Å². The van der Waals surface area contributed by atoms with Crippen LogP contribution >= 0.6 is 11.6 Å². The van der Waals surface area contributed by atoms with Crippen LogP contribution in [0.1, 0.15) is 26.3 Å². The van der Waals surface area contributed by atoms with Gasteiger partial charge in [-0.15, -0.1) is 0 Å². The standard InChI is InChI=1S/C25H26ClN5O3/c1-25(2)33-21-15(12-32-16-6-4-14-5-7-20(27-3)30-18(14)11-16)10-19(22(21)34-25)31-9-8-17-23(26)28-13-29-24(17)31/h4-9,11,13,15,19,21-22H,10,12H2,1-3H3,(H,27,30)/t15-,19-,21-,22+/m1/s1. The van der Waals surface area contributed by atoms with E-state index in [9.17, 15) is 0 Å². The maximum atomic E-state index is 6.36. The Morgan fingerprint density at radius 3 is 2.82 bits per heavy atom. The molecule has 1 N–H and O–H groups in total. The highest BCUT2D eigenvalue weighted by molar-refractivity contribution is 6.33. The molecule has 9 heteroatoms. The van der Waals surface area contributed by atoms with Gasteiger partial charge in [0, 0.05) is 30.6 Å². The fourth-order valence-electron chi connectivity index (χ4n) is 5.23. The third-order valence-corrected chi connectivity index (χ3v) is 7.05.